The minimum atomic E-state index is -1.30. The van der Waals surface area contributed by atoms with E-state index in [0.717, 1.165) is 0 Å². The number of rotatable bonds is 6. The molecule has 3 aromatic rings. The minimum Gasteiger partial charge on any atom is -0.492 e. The number of nitrogens with two attached hydrogens (primary N) is 1. The van der Waals surface area contributed by atoms with Crippen LogP contribution in [0, 0.1) is 0 Å². The number of anilines is 1. The van der Waals surface area contributed by atoms with Crippen molar-refractivity contribution in [3.63, 3.8) is 0 Å². The number of aromatic nitrogens is 3. The number of benzene rings is 1. The first kappa shape index (κ1) is 20.6. The lowest BCUT2D eigenvalue weighted by Gasteiger charge is -2.13. The summed E-state index contributed by atoms with van der Waals surface area (Å²) in [6.07, 6.45) is -2.89. The molecule has 0 radical (unpaired) electrons. The zero-order valence-corrected chi connectivity index (χ0v) is 16.5. The van der Waals surface area contributed by atoms with E-state index in [-0.39, 0.29) is 23.6 Å². The highest BCUT2D eigenvalue weighted by molar-refractivity contribution is 6.30. The monoisotopic (exact) mass is 436 g/mol. The second kappa shape index (κ2) is 8.25. The maximum Gasteiger partial charge on any atom is 0.276 e. The molecule has 1 aliphatic rings. The summed E-state index contributed by atoms with van der Waals surface area (Å²) in [5, 5.41) is 30.4. The van der Waals surface area contributed by atoms with Crippen LogP contribution in [0.5, 0.6) is 5.75 Å². The second-order valence-electron chi connectivity index (χ2n) is 6.99. The first-order chi connectivity index (χ1) is 14.4. The summed E-state index contributed by atoms with van der Waals surface area (Å²) in [4.78, 5) is 19.2. The van der Waals surface area contributed by atoms with Crippen molar-refractivity contribution in [1.29, 1.82) is 0 Å². The molecule has 0 unspecified atom stereocenters. The van der Waals surface area contributed by atoms with E-state index < -0.39 is 36.6 Å². The van der Waals surface area contributed by atoms with Gasteiger partial charge < -0.3 is 35.1 Å². The number of H-pyrrole nitrogens is 1. The van der Waals surface area contributed by atoms with E-state index in [1.165, 1.54) is 0 Å². The number of hydrogen-bond acceptors (Lipinski definition) is 8. The first-order valence-electron chi connectivity index (χ1n) is 9.28. The number of aliphatic hydroxyl groups excluding tert-OH is 3. The van der Waals surface area contributed by atoms with Crippen LogP contribution in [0.2, 0.25) is 5.02 Å². The van der Waals surface area contributed by atoms with Crippen molar-refractivity contribution < 1.29 is 24.8 Å². The van der Waals surface area contributed by atoms with Crippen molar-refractivity contribution in [1.82, 2.24) is 14.5 Å². The Hall–Kier alpha value is -2.63. The molecule has 0 amide bonds. The fourth-order valence-electron chi connectivity index (χ4n) is 3.58. The predicted molar refractivity (Wildman–Crippen MR) is 108 cm³/mol. The number of aliphatic hydroxyl groups is 3. The topological polar surface area (TPSA) is 156 Å². The van der Waals surface area contributed by atoms with Gasteiger partial charge in [-0.25, -0.2) is 4.98 Å². The fraction of sp³-hybridized carbons (Fsp3) is 0.368. The molecule has 10 nitrogen and oxygen atoms in total. The molecule has 0 saturated carbocycles. The zero-order chi connectivity index (χ0) is 21.4. The van der Waals surface area contributed by atoms with Crippen molar-refractivity contribution in [2.24, 2.45) is 0 Å². The Morgan fingerprint density at radius 3 is 2.67 bits per heavy atom. The zero-order valence-electron chi connectivity index (χ0n) is 15.7. The molecule has 4 rings (SSSR count). The van der Waals surface area contributed by atoms with Crippen LogP contribution in [0.3, 0.4) is 0 Å². The molecule has 0 spiro atoms. The van der Waals surface area contributed by atoms with Gasteiger partial charge in [0.15, 0.2) is 0 Å². The molecule has 1 fully saturated rings. The van der Waals surface area contributed by atoms with Gasteiger partial charge in [0.05, 0.1) is 13.2 Å². The van der Waals surface area contributed by atoms with Crippen molar-refractivity contribution in [3.05, 3.63) is 51.4 Å². The quantitative estimate of drug-likeness (QED) is 0.366. The van der Waals surface area contributed by atoms with Crippen LogP contribution in [0.15, 0.2) is 35.3 Å². The summed E-state index contributed by atoms with van der Waals surface area (Å²) in [6, 6.07) is 6.88. The molecule has 30 heavy (non-hydrogen) atoms. The molecule has 0 bridgehead atoms. The Balaban J connectivity index is 1.65. The summed E-state index contributed by atoms with van der Waals surface area (Å²) < 4.78 is 12.9. The van der Waals surface area contributed by atoms with Crippen LogP contribution < -0.4 is 16.0 Å². The van der Waals surface area contributed by atoms with E-state index in [4.69, 9.17) is 26.8 Å². The van der Waals surface area contributed by atoms with Gasteiger partial charge in [-0.15, -0.1) is 0 Å². The minimum absolute atomic E-state index is 0.0874. The van der Waals surface area contributed by atoms with E-state index in [1.807, 2.05) is 0 Å². The summed E-state index contributed by atoms with van der Waals surface area (Å²) in [7, 11) is 0. The predicted octanol–water partition coefficient (Wildman–Crippen LogP) is 0.193. The molecule has 1 aliphatic heterocycles. The SMILES string of the molecule is Nc1nc2c([C@@H]3O[C@H](CO)[C@@H](O)[C@H]3O)cn(CCOc3ccc(Cl)cc3)c2c(=O)[nH]1. The summed E-state index contributed by atoms with van der Waals surface area (Å²) in [5.41, 5.74) is 6.11. The lowest BCUT2D eigenvalue weighted by molar-refractivity contribution is -0.0224. The van der Waals surface area contributed by atoms with E-state index >= 15 is 0 Å². The molecule has 160 valence electrons. The highest BCUT2D eigenvalue weighted by atomic mass is 35.5. The highest BCUT2D eigenvalue weighted by Crippen LogP contribution is 2.36. The smallest absolute Gasteiger partial charge is 0.276 e. The number of halogens is 1. The van der Waals surface area contributed by atoms with Gasteiger partial charge in [0.25, 0.3) is 5.56 Å². The van der Waals surface area contributed by atoms with Crippen LogP contribution in [0.25, 0.3) is 11.0 Å². The second-order valence-corrected chi connectivity index (χ2v) is 7.42. The van der Waals surface area contributed by atoms with Gasteiger partial charge in [-0.05, 0) is 24.3 Å². The number of hydrogen-bond donors (Lipinski definition) is 5. The fourth-order valence-corrected chi connectivity index (χ4v) is 3.71. The molecular formula is C19H21ClN4O6. The van der Waals surface area contributed by atoms with Gasteiger partial charge in [0, 0.05) is 16.8 Å². The van der Waals surface area contributed by atoms with Gasteiger partial charge in [-0.2, -0.15) is 0 Å². The standard InChI is InChI=1S/C19H21ClN4O6/c20-9-1-3-10(4-2-9)29-6-5-24-7-11(13-14(24)18(28)23-19(21)22-13)17-16(27)15(26)12(8-25)30-17/h1-4,7,12,15-17,25-27H,5-6,8H2,(H3,21,22,23,28)/t12-,15-,16-,17+/m1/s1. The van der Waals surface area contributed by atoms with E-state index in [1.54, 1.807) is 35.0 Å². The number of fused-ring (bicyclic) bond motifs is 1. The molecule has 11 heteroatoms. The van der Waals surface area contributed by atoms with Gasteiger partial charge >= 0.3 is 0 Å². The maximum atomic E-state index is 12.5. The third-order valence-corrected chi connectivity index (χ3v) is 5.28. The average Bonchev–Trinajstić information content (AvgIpc) is 3.21. The molecule has 4 atom stereocenters. The number of aromatic amines is 1. The molecule has 6 N–H and O–H groups in total. The largest absolute Gasteiger partial charge is 0.492 e. The number of nitrogens with one attached hydrogen (secondary N) is 1. The third-order valence-electron chi connectivity index (χ3n) is 5.03. The van der Waals surface area contributed by atoms with Crippen LogP contribution in [-0.2, 0) is 11.3 Å². The normalized spacial score (nSPS) is 23.9. The first-order valence-corrected chi connectivity index (χ1v) is 9.66. The molecule has 0 aliphatic carbocycles. The summed E-state index contributed by atoms with van der Waals surface area (Å²) >= 11 is 5.86. The van der Waals surface area contributed by atoms with Gasteiger partial charge in [0.1, 0.15) is 47.8 Å². The number of nitrogen functional groups attached to an aromatic ring is 1. The molecule has 1 aromatic carbocycles. The molecule has 2 aromatic heterocycles. The highest BCUT2D eigenvalue weighted by Gasteiger charge is 2.44. The van der Waals surface area contributed by atoms with Gasteiger partial charge in [-0.3, -0.25) is 9.78 Å². The number of ether oxygens (including phenoxy) is 2. The van der Waals surface area contributed by atoms with Crippen LogP contribution in [0.4, 0.5) is 5.95 Å². The Morgan fingerprint density at radius 2 is 2.00 bits per heavy atom. The van der Waals surface area contributed by atoms with Gasteiger partial charge in [0.2, 0.25) is 5.95 Å². The van der Waals surface area contributed by atoms with Crippen molar-refractivity contribution in [3.8, 4) is 5.75 Å². The van der Waals surface area contributed by atoms with Crippen molar-refractivity contribution >= 4 is 28.6 Å². The Labute approximate surface area is 175 Å². The lowest BCUT2D eigenvalue weighted by Crippen LogP contribution is -2.32. The van der Waals surface area contributed by atoms with Crippen molar-refractivity contribution in [2.75, 3.05) is 18.9 Å². The lowest BCUT2D eigenvalue weighted by atomic mass is 10.0. The maximum absolute atomic E-state index is 12.5. The molecule has 3 heterocycles. The summed E-state index contributed by atoms with van der Waals surface area (Å²) in [6.45, 7) is 0.0751. The van der Waals surface area contributed by atoms with E-state index in [2.05, 4.69) is 9.97 Å². The molecular weight excluding hydrogens is 416 g/mol. The average molecular weight is 437 g/mol. The van der Waals surface area contributed by atoms with Crippen molar-refractivity contribution in [2.45, 2.75) is 31.0 Å². The summed E-state index contributed by atoms with van der Waals surface area (Å²) in [5.74, 6) is 0.534. The Bertz CT molecular complexity index is 1100. The van der Waals surface area contributed by atoms with E-state index in [0.29, 0.717) is 22.9 Å². The number of nitrogens with zero attached hydrogens (tertiary/aromatic N) is 2. The van der Waals surface area contributed by atoms with Crippen LogP contribution in [-0.4, -0.2) is 61.4 Å². The van der Waals surface area contributed by atoms with Crippen LogP contribution in [0.1, 0.15) is 11.7 Å². The molecule has 1 saturated heterocycles. The Kier molecular flexibility index (Phi) is 5.67. The van der Waals surface area contributed by atoms with E-state index in [9.17, 15) is 20.1 Å². The van der Waals surface area contributed by atoms with Gasteiger partial charge in [-0.1, -0.05) is 11.6 Å². The Morgan fingerprint density at radius 1 is 1.27 bits per heavy atom. The van der Waals surface area contributed by atoms with Crippen LogP contribution >= 0.6 is 11.6 Å². The third kappa shape index (κ3) is 3.75.